The van der Waals surface area contributed by atoms with E-state index in [0.717, 1.165) is 0 Å². The van der Waals surface area contributed by atoms with Gasteiger partial charge in [0.25, 0.3) is 0 Å². The molecular formula is C10H28Si2Zr. The van der Waals surface area contributed by atoms with Gasteiger partial charge in [-0.05, 0) is 0 Å². The molecule has 0 aliphatic heterocycles. The standard InChI is InChI=1S/2C4H11Si.2CH3.Zr/c2*1-5(2,3)4;;;/h2*1H2,2-4H3;2*1H3;/q4*-1;+4. The van der Waals surface area contributed by atoms with Gasteiger partial charge in [0.15, 0.2) is 0 Å². The van der Waals surface area contributed by atoms with Gasteiger partial charge in [-0.2, -0.15) is 0 Å². The van der Waals surface area contributed by atoms with Crippen molar-refractivity contribution in [2.24, 2.45) is 0 Å². The van der Waals surface area contributed by atoms with Crippen LogP contribution in [-0.4, -0.2) is 16.1 Å². The summed E-state index contributed by atoms with van der Waals surface area (Å²) in [5.41, 5.74) is 0. The average molecular weight is 296 g/mol. The van der Waals surface area contributed by atoms with E-state index in [1.807, 2.05) is 0 Å². The minimum Gasteiger partial charge on any atom is -0.358 e. The van der Waals surface area contributed by atoms with Crippen LogP contribution in [0.1, 0.15) is 0 Å². The van der Waals surface area contributed by atoms with E-state index in [-0.39, 0.29) is 41.1 Å². The Morgan fingerprint density at radius 2 is 0.615 bits per heavy atom. The van der Waals surface area contributed by atoms with Gasteiger partial charge in [0.1, 0.15) is 0 Å². The molecular weight excluding hydrogens is 268 g/mol. The Morgan fingerprint density at radius 3 is 0.615 bits per heavy atom. The molecule has 0 saturated carbocycles. The summed E-state index contributed by atoms with van der Waals surface area (Å²) in [5.74, 6) is 0. The maximum absolute atomic E-state index is 3.91. The second-order valence-corrected chi connectivity index (χ2v) is 15.4. The van der Waals surface area contributed by atoms with Gasteiger partial charge in [0, 0.05) is 0 Å². The van der Waals surface area contributed by atoms with Crippen LogP contribution in [0.3, 0.4) is 0 Å². The summed E-state index contributed by atoms with van der Waals surface area (Å²) < 4.78 is 0. The average Bonchev–Trinajstić information content (AvgIpc) is 1.12. The second kappa shape index (κ2) is 11.4. The maximum Gasteiger partial charge on any atom is 4.00 e. The minimum atomic E-state index is -0.861. The summed E-state index contributed by atoms with van der Waals surface area (Å²) in [7, 11) is -1.72. The van der Waals surface area contributed by atoms with Crippen molar-refractivity contribution < 1.29 is 26.2 Å². The van der Waals surface area contributed by atoms with Crippen LogP contribution in [0.2, 0.25) is 39.3 Å². The van der Waals surface area contributed by atoms with E-state index < -0.39 is 16.1 Å². The molecule has 0 nitrogen and oxygen atoms in total. The molecule has 0 radical (unpaired) electrons. The third kappa shape index (κ3) is 983. The van der Waals surface area contributed by atoms with Gasteiger partial charge in [0.2, 0.25) is 0 Å². The van der Waals surface area contributed by atoms with Crippen molar-refractivity contribution in [3.63, 3.8) is 0 Å². The van der Waals surface area contributed by atoms with E-state index in [1.165, 1.54) is 0 Å². The third-order valence-corrected chi connectivity index (χ3v) is 0. The van der Waals surface area contributed by atoms with E-state index >= 15 is 0 Å². The quantitative estimate of drug-likeness (QED) is 0.462. The molecule has 0 heterocycles. The molecule has 0 N–H and O–H groups in total. The van der Waals surface area contributed by atoms with Gasteiger partial charge in [-0.25, -0.2) is 0 Å². The number of hydrogen-bond donors (Lipinski definition) is 0. The smallest absolute Gasteiger partial charge is 0.358 e. The molecule has 0 fully saturated rings. The van der Waals surface area contributed by atoms with Crippen LogP contribution < -0.4 is 0 Å². The van der Waals surface area contributed by atoms with E-state index in [1.54, 1.807) is 0 Å². The van der Waals surface area contributed by atoms with Crippen molar-refractivity contribution >= 4 is 16.1 Å². The topological polar surface area (TPSA) is 0 Å². The van der Waals surface area contributed by atoms with Gasteiger partial charge in [-0.1, -0.05) is 39.3 Å². The van der Waals surface area contributed by atoms with Crippen molar-refractivity contribution in [2.75, 3.05) is 0 Å². The summed E-state index contributed by atoms with van der Waals surface area (Å²) in [6.07, 6.45) is 0. The zero-order valence-corrected chi connectivity index (χ0v) is 15.4. The molecule has 0 saturated heterocycles. The van der Waals surface area contributed by atoms with Gasteiger partial charge in [0.05, 0.1) is 0 Å². The largest absolute Gasteiger partial charge is 4.00 e. The Kier molecular flexibility index (Phi) is 25.6. The zero-order valence-electron chi connectivity index (χ0n) is 10.9. The number of hydrogen-bond acceptors (Lipinski definition) is 0. The van der Waals surface area contributed by atoms with Crippen molar-refractivity contribution in [1.29, 1.82) is 0 Å². The molecule has 0 aliphatic carbocycles. The van der Waals surface area contributed by atoms with Crippen LogP contribution in [0.4, 0.5) is 0 Å². The molecule has 0 aromatic carbocycles. The van der Waals surface area contributed by atoms with Crippen molar-refractivity contribution in [2.45, 2.75) is 39.3 Å². The summed E-state index contributed by atoms with van der Waals surface area (Å²) >= 11 is 0. The maximum atomic E-state index is 3.91. The zero-order chi connectivity index (χ0) is 9.00. The third-order valence-electron chi connectivity index (χ3n) is 0. The van der Waals surface area contributed by atoms with Crippen LogP contribution in [0.25, 0.3) is 0 Å². The van der Waals surface area contributed by atoms with Gasteiger partial charge in [-0.15, -0.1) is 16.1 Å². The Balaban J connectivity index is -0.0000000267. The molecule has 0 amide bonds. The van der Waals surface area contributed by atoms with Crippen LogP contribution in [-0.2, 0) is 26.2 Å². The Labute approximate surface area is 109 Å². The molecule has 0 atom stereocenters. The fraction of sp³-hybridized carbons (Fsp3) is 0.600. The first kappa shape index (κ1) is 29.2. The predicted molar refractivity (Wildman–Crippen MR) is 70.2 cm³/mol. The van der Waals surface area contributed by atoms with Crippen LogP contribution in [0, 0.1) is 27.9 Å². The van der Waals surface area contributed by atoms with E-state index in [2.05, 4.69) is 52.4 Å². The molecule has 80 valence electrons. The molecule has 0 unspecified atom stereocenters. The molecule has 3 heteroatoms. The molecule has 13 heavy (non-hydrogen) atoms. The minimum absolute atomic E-state index is 0. The van der Waals surface area contributed by atoms with Gasteiger partial charge < -0.3 is 27.9 Å². The fourth-order valence-corrected chi connectivity index (χ4v) is 0. The van der Waals surface area contributed by atoms with E-state index in [9.17, 15) is 0 Å². The van der Waals surface area contributed by atoms with Crippen LogP contribution in [0.5, 0.6) is 0 Å². The number of rotatable bonds is 0. The van der Waals surface area contributed by atoms with Crippen molar-refractivity contribution in [3.8, 4) is 0 Å². The predicted octanol–water partition coefficient (Wildman–Crippen LogP) is 4.29. The first-order valence-corrected chi connectivity index (χ1v) is 11.1. The van der Waals surface area contributed by atoms with Crippen molar-refractivity contribution in [3.05, 3.63) is 27.9 Å². The van der Waals surface area contributed by atoms with Crippen LogP contribution >= 0.6 is 0 Å². The Hall–Kier alpha value is 1.32. The molecule has 0 bridgehead atoms. The SMILES string of the molecule is [CH2-][Si](C)(C)C.[CH2-][Si](C)(C)C.[CH3-].[CH3-].[Zr+4]. The summed E-state index contributed by atoms with van der Waals surface area (Å²) in [5, 5.41) is 0. The normalized spacial score (nSPS) is 9.23. The fourth-order valence-electron chi connectivity index (χ4n) is 0. The van der Waals surface area contributed by atoms with Crippen molar-refractivity contribution in [1.82, 2.24) is 0 Å². The molecule has 0 aromatic heterocycles. The Morgan fingerprint density at radius 1 is 0.615 bits per heavy atom. The van der Waals surface area contributed by atoms with Crippen LogP contribution in [0.15, 0.2) is 0 Å². The summed E-state index contributed by atoms with van der Waals surface area (Å²) in [6.45, 7) is 21.1. The Bertz CT molecular complexity index is 55.9. The van der Waals surface area contributed by atoms with Gasteiger partial charge in [-0.3, -0.25) is 0 Å². The molecule has 0 aromatic rings. The first-order valence-electron chi connectivity index (χ1n) is 3.71. The molecule has 0 aliphatic rings. The molecule has 0 rings (SSSR count). The monoisotopic (exact) mass is 294 g/mol. The summed E-state index contributed by atoms with van der Waals surface area (Å²) in [6, 6.07) is 0. The second-order valence-electron chi connectivity index (χ2n) is 5.12. The first-order chi connectivity index (χ1) is 4.00. The van der Waals surface area contributed by atoms with Gasteiger partial charge >= 0.3 is 26.2 Å². The van der Waals surface area contributed by atoms with E-state index in [4.69, 9.17) is 0 Å². The van der Waals surface area contributed by atoms with E-state index in [0.29, 0.717) is 0 Å². The summed E-state index contributed by atoms with van der Waals surface area (Å²) in [4.78, 5) is 0. The molecule has 0 spiro atoms.